The number of carbonyl (C=O) groups excluding carboxylic acids is 2. The Balaban J connectivity index is 1.29. The van der Waals surface area contributed by atoms with Gasteiger partial charge in [0, 0.05) is 0 Å². The SMILES string of the molecule is Cc1ccc(OC(=O)c2ccc(C(=O)OC3CCC(c4ccc(C)cc4)CC3)cc2)cc1. The van der Waals surface area contributed by atoms with Crippen molar-refractivity contribution < 1.29 is 19.1 Å². The van der Waals surface area contributed by atoms with E-state index in [9.17, 15) is 9.59 Å². The highest BCUT2D eigenvalue weighted by molar-refractivity contribution is 5.94. The summed E-state index contributed by atoms with van der Waals surface area (Å²) in [5.41, 5.74) is 4.56. The van der Waals surface area contributed by atoms with E-state index in [2.05, 4.69) is 31.2 Å². The van der Waals surface area contributed by atoms with Gasteiger partial charge in [-0.05, 0) is 87.4 Å². The largest absolute Gasteiger partial charge is 0.459 e. The van der Waals surface area contributed by atoms with E-state index in [0.717, 1.165) is 31.2 Å². The zero-order chi connectivity index (χ0) is 22.5. The summed E-state index contributed by atoms with van der Waals surface area (Å²) in [4.78, 5) is 24.9. The molecule has 0 atom stereocenters. The van der Waals surface area contributed by atoms with Crippen LogP contribution in [0.1, 0.15) is 69.0 Å². The highest BCUT2D eigenvalue weighted by atomic mass is 16.5. The molecule has 4 nitrogen and oxygen atoms in total. The lowest BCUT2D eigenvalue weighted by Crippen LogP contribution is -2.24. The van der Waals surface area contributed by atoms with Gasteiger partial charge in [-0.25, -0.2) is 9.59 Å². The molecule has 0 amide bonds. The van der Waals surface area contributed by atoms with Gasteiger partial charge in [-0.15, -0.1) is 0 Å². The van der Waals surface area contributed by atoms with Gasteiger partial charge in [0.05, 0.1) is 11.1 Å². The van der Waals surface area contributed by atoms with Crippen LogP contribution in [-0.4, -0.2) is 18.0 Å². The van der Waals surface area contributed by atoms with Gasteiger partial charge in [-0.3, -0.25) is 0 Å². The first kappa shape index (κ1) is 21.8. The first-order chi connectivity index (χ1) is 15.5. The zero-order valence-electron chi connectivity index (χ0n) is 18.5. The fourth-order valence-electron chi connectivity index (χ4n) is 4.09. The second kappa shape index (κ2) is 9.82. The number of aryl methyl sites for hydroxylation is 2. The van der Waals surface area contributed by atoms with E-state index in [1.54, 1.807) is 36.4 Å². The fraction of sp³-hybridized carbons (Fsp3) is 0.286. The molecule has 32 heavy (non-hydrogen) atoms. The summed E-state index contributed by atoms with van der Waals surface area (Å²) in [7, 11) is 0. The molecule has 0 bridgehead atoms. The Bertz CT molecular complexity index is 1060. The predicted molar refractivity (Wildman–Crippen MR) is 124 cm³/mol. The molecular weight excluding hydrogens is 400 g/mol. The fourth-order valence-corrected chi connectivity index (χ4v) is 4.09. The van der Waals surface area contributed by atoms with Crippen molar-refractivity contribution >= 4 is 11.9 Å². The lowest BCUT2D eigenvalue weighted by Gasteiger charge is -2.28. The third-order valence-electron chi connectivity index (χ3n) is 6.08. The molecule has 0 aliphatic heterocycles. The standard InChI is InChI=1S/C28H28O4/c1-19-3-7-21(8-4-19)22-13-17-26(18-14-22)32-28(30)24-11-9-23(10-12-24)27(29)31-25-15-5-20(2)6-16-25/h3-12,15-16,22,26H,13-14,17-18H2,1-2H3. The molecule has 0 spiro atoms. The Labute approximate surface area is 189 Å². The highest BCUT2D eigenvalue weighted by Crippen LogP contribution is 2.34. The van der Waals surface area contributed by atoms with E-state index in [-0.39, 0.29) is 12.1 Å². The average molecular weight is 429 g/mol. The lowest BCUT2D eigenvalue weighted by molar-refractivity contribution is 0.0195. The van der Waals surface area contributed by atoms with Gasteiger partial charge in [-0.1, -0.05) is 47.5 Å². The summed E-state index contributed by atoms with van der Waals surface area (Å²) >= 11 is 0. The molecule has 3 aromatic rings. The van der Waals surface area contributed by atoms with Crippen LogP contribution in [0.15, 0.2) is 72.8 Å². The van der Waals surface area contributed by atoms with E-state index in [4.69, 9.17) is 9.47 Å². The molecule has 1 aliphatic rings. The number of hydrogen-bond acceptors (Lipinski definition) is 4. The number of carbonyl (C=O) groups is 2. The van der Waals surface area contributed by atoms with E-state index < -0.39 is 5.97 Å². The molecular formula is C28H28O4. The topological polar surface area (TPSA) is 52.6 Å². The van der Waals surface area contributed by atoms with Crippen LogP contribution in [0.5, 0.6) is 5.75 Å². The number of hydrogen-bond donors (Lipinski definition) is 0. The molecule has 0 radical (unpaired) electrons. The predicted octanol–water partition coefficient (Wildman–Crippen LogP) is 6.41. The van der Waals surface area contributed by atoms with Crippen molar-refractivity contribution in [2.24, 2.45) is 0 Å². The third-order valence-corrected chi connectivity index (χ3v) is 6.08. The van der Waals surface area contributed by atoms with Crippen LogP contribution in [-0.2, 0) is 4.74 Å². The smallest absolute Gasteiger partial charge is 0.343 e. The normalized spacial score (nSPS) is 18.1. The van der Waals surface area contributed by atoms with Gasteiger partial charge in [0.25, 0.3) is 0 Å². The van der Waals surface area contributed by atoms with Crippen molar-refractivity contribution in [3.63, 3.8) is 0 Å². The lowest BCUT2D eigenvalue weighted by atomic mass is 9.82. The van der Waals surface area contributed by atoms with Crippen LogP contribution in [0.2, 0.25) is 0 Å². The number of benzene rings is 3. The van der Waals surface area contributed by atoms with Gasteiger partial charge in [0.2, 0.25) is 0 Å². The van der Waals surface area contributed by atoms with Gasteiger partial charge >= 0.3 is 11.9 Å². The minimum Gasteiger partial charge on any atom is -0.459 e. The molecule has 0 unspecified atom stereocenters. The summed E-state index contributed by atoms with van der Waals surface area (Å²) < 4.78 is 11.1. The minimum atomic E-state index is -0.455. The minimum absolute atomic E-state index is 0.0598. The molecule has 0 saturated heterocycles. The second-order valence-corrected chi connectivity index (χ2v) is 8.57. The summed E-state index contributed by atoms with van der Waals surface area (Å²) in [6.45, 7) is 4.07. The van der Waals surface area contributed by atoms with Gasteiger partial charge in [0.15, 0.2) is 0 Å². The molecule has 1 fully saturated rings. The molecule has 0 heterocycles. The van der Waals surface area contributed by atoms with E-state index >= 15 is 0 Å². The number of esters is 2. The maximum absolute atomic E-state index is 12.6. The second-order valence-electron chi connectivity index (χ2n) is 8.57. The molecule has 0 aromatic heterocycles. The third kappa shape index (κ3) is 5.44. The Morgan fingerprint density at radius 2 is 1.16 bits per heavy atom. The van der Waals surface area contributed by atoms with Gasteiger partial charge < -0.3 is 9.47 Å². The maximum Gasteiger partial charge on any atom is 0.343 e. The summed E-state index contributed by atoms with van der Waals surface area (Å²) in [6, 6.07) is 22.4. The monoisotopic (exact) mass is 428 g/mol. The molecule has 3 aromatic carbocycles. The van der Waals surface area contributed by atoms with Crippen molar-refractivity contribution in [2.75, 3.05) is 0 Å². The molecule has 164 valence electrons. The van der Waals surface area contributed by atoms with Crippen molar-refractivity contribution in [1.29, 1.82) is 0 Å². The molecule has 4 heteroatoms. The van der Waals surface area contributed by atoms with Crippen LogP contribution in [0.4, 0.5) is 0 Å². The Morgan fingerprint density at radius 1 is 0.656 bits per heavy atom. The Morgan fingerprint density at radius 3 is 1.72 bits per heavy atom. The number of rotatable bonds is 5. The van der Waals surface area contributed by atoms with Crippen molar-refractivity contribution in [3.8, 4) is 5.75 Å². The van der Waals surface area contributed by atoms with Crippen LogP contribution in [0.3, 0.4) is 0 Å². The Kier molecular flexibility index (Phi) is 6.69. The van der Waals surface area contributed by atoms with Crippen molar-refractivity contribution in [2.45, 2.75) is 51.6 Å². The highest BCUT2D eigenvalue weighted by Gasteiger charge is 2.25. The van der Waals surface area contributed by atoms with Crippen molar-refractivity contribution in [1.82, 2.24) is 0 Å². The van der Waals surface area contributed by atoms with Gasteiger partial charge in [-0.2, -0.15) is 0 Å². The molecule has 0 N–H and O–H groups in total. The molecule has 1 saturated carbocycles. The first-order valence-electron chi connectivity index (χ1n) is 11.1. The maximum atomic E-state index is 12.6. The summed E-state index contributed by atoms with van der Waals surface area (Å²) in [5, 5.41) is 0. The molecule has 1 aliphatic carbocycles. The summed E-state index contributed by atoms with van der Waals surface area (Å²) in [6.07, 6.45) is 3.71. The quantitative estimate of drug-likeness (QED) is 0.348. The van der Waals surface area contributed by atoms with Gasteiger partial charge in [0.1, 0.15) is 11.9 Å². The molecule has 4 rings (SSSR count). The average Bonchev–Trinajstić information content (AvgIpc) is 2.82. The van der Waals surface area contributed by atoms with Crippen LogP contribution in [0.25, 0.3) is 0 Å². The van der Waals surface area contributed by atoms with Crippen LogP contribution >= 0.6 is 0 Å². The zero-order valence-corrected chi connectivity index (χ0v) is 18.5. The first-order valence-corrected chi connectivity index (χ1v) is 11.1. The number of ether oxygens (including phenoxy) is 2. The summed E-state index contributed by atoms with van der Waals surface area (Å²) in [5.74, 6) is 0.222. The van der Waals surface area contributed by atoms with E-state index in [1.807, 2.05) is 19.1 Å². The van der Waals surface area contributed by atoms with Crippen molar-refractivity contribution in [3.05, 3.63) is 101 Å². The van der Waals surface area contributed by atoms with E-state index in [1.165, 1.54) is 11.1 Å². The Hall–Kier alpha value is -3.40. The van der Waals surface area contributed by atoms with Crippen LogP contribution < -0.4 is 4.74 Å². The van der Waals surface area contributed by atoms with Crippen LogP contribution in [0, 0.1) is 13.8 Å². The van der Waals surface area contributed by atoms with E-state index in [0.29, 0.717) is 22.8 Å².